The van der Waals surface area contributed by atoms with E-state index in [0.717, 1.165) is 31.7 Å². The van der Waals surface area contributed by atoms with Gasteiger partial charge in [-0.15, -0.1) is 0 Å². The van der Waals surface area contributed by atoms with E-state index in [0.29, 0.717) is 6.04 Å². The molecule has 1 atom stereocenters. The molecule has 152 valence electrons. The standard InChI is InChI=1S/C25H31N3O/c1-17(2)27-13-11-25(12-14-27)28-23(20-7-5-6-8-24(20)29-25)16-22(26-28)21-15-18(3)9-10-19(21)4/h5-10,15-17,23,26H,11-14H2,1-4H3/t23-/m1/s1. The fourth-order valence-corrected chi connectivity index (χ4v) is 5.03. The molecule has 0 radical (unpaired) electrons. The summed E-state index contributed by atoms with van der Waals surface area (Å²) >= 11 is 0. The molecule has 3 heterocycles. The van der Waals surface area contributed by atoms with E-state index in [9.17, 15) is 0 Å². The van der Waals surface area contributed by atoms with E-state index in [1.54, 1.807) is 0 Å². The van der Waals surface area contributed by atoms with Crippen molar-refractivity contribution in [3.63, 3.8) is 0 Å². The molecule has 1 spiro atoms. The minimum absolute atomic E-state index is 0.195. The van der Waals surface area contributed by atoms with E-state index in [1.807, 2.05) is 0 Å². The van der Waals surface area contributed by atoms with Gasteiger partial charge in [0.1, 0.15) is 5.75 Å². The molecule has 1 fully saturated rings. The van der Waals surface area contributed by atoms with Gasteiger partial charge in [0.2, 0.25) is 0 Å². The van der Waals surface area contributed by atoms with Gasteiger partial charge in [-0.1, -0.05) is 35.9 Å². The number of hydrazine groups is 1. The van der Waals surface area contributed by atoms with Crippen LogP contribution in [0.1, 0.15) is 55.0 Å². The third-order valence-corrected chi connectivity index (χ3v) is 6.81. The van der Waals surface area contributed by atoms with Gasteiger partial charge >= 0.3 is 0 Å². The quantitative estimate of drug-likeness (QED) is 0.799. The molecule has 4 nitrogen and oxygen atoms in total. The van der Waals surface area contributed by atoms with Crippen LogP contribution in [-0.2, 0) is 0 Å². The zero-order valence-corrected chi connectivity index (χ0v) is 17.9. The molecule has 0 unspecified atom stereocenters. The van der Waals surface area contributed by atoms with Crippen molar-refractivity contribution < 1.29 is 4.74 Å². The monoisotopic (exact) mass is 389 g/mol. The molecule has 3 aliphatic rings. The predicted octanol–water partition coefficient (Wildman–Crippen LogP) is 4.80. The van der Waals surface area contributed by atoms with Crippen LogP contribution in [0, 0.1) is 13.8 Å². The van der Waals surface area contributed by atoms with Crippen LogP contribution in [0.15, 0.2) is 48.5 Å². The number of rotatable bonds is 2. The fraction of sp³-hybridized carbons (Fsp3) is 0.440. The van der Waals surface area contributed by atoms with E-state index in [-0.39, 0.29) is 11.8 Å². The highest BCUT2D eigenvalue weighted by Gasteiger charge is 2.51. The Morgan fingerprint density at radius 2 is 1.83 bits per heavy atom. The molecule has 29 heavy (non-hydrogen) atoms. The molecule has 0 aromatic heterocycles. The lowest BCUT2D eigenvalue weighted by atomic mass is 9.92. The first kappa shape index (κ1) is 18.7. The minimum atomic E-state index is -0.305. The molecule has 1 N–H and O–H groups in total. The van der Waals surface area contributed by atoms with Crippen LogP contribution >= 0.6 is 0 Å². The number of nitrogens with one attached hydrogen (secondary N) is 1. The first-order valence-corrected chi connectivity index (χ1v) is 10.8. The Bertz CT molecular complexity index is 956. The molecule has 2 aromatic carbocycles. The number of benzene rings is 2. The highest BCUT2D eigenvalue weighted by molar-refractivity contribution is 5.70. The molecule has 0 amide bonds. The van der Waals surface area contributed by atoms with Crippen LogP contribution in [0.4, 0.5) is 0 Å². The zero-order chi connectivity index (χ0) is 20.2. The largest absolute Gasteiger partial charge is 0.470 e. The van der Waals surface area contributed by atoms with Gasteiger partial charge < -0.3 is 15.1 Å². The first-order valence-electron chi connectivity index (χ1n) is 10.8. The maximum atomic E-state index is 6.74. The van der Waals surface area contributed by atoms with Crippen molar-refractivity contribution in [2.75, 3.05) is 13.1 Å². The Hall–Kier alpha value is -2.30. The molecule has 4 heteroatoms. The summed E-state index contributed by atoms with van der Waals surface area (Å²) in [5.41, 5.74) is 9.78. The van der Waals surface area contributed by atoms with Crippen LogP contribution < -0.4 is 10.2 Å². The maximum absolute atomic E-state index is 6.74. The second kappa shape index (κ2) is 6.89. The van der Waals surface area contributed by atoms with E-state index in [2.05, 4.69) is 91.6 Å². The topological polar surface area (TPSA) is 27.7 Å². The number of hydrogen-bond acceptors (Lipinski definition) is 4. The third kappa shape index (κ3) is 3.06. The van der Waals surface area contributed by atoms with Crippen LogP contribution in [-0.4, -0.2) is 34.8 Å². The van der Waals surface area contributed by atoms with Crippen molar-refractivity contribution in [3.05, 3.63) is 70.8 Å². The summed E-state index contributed by atoms with van der Waals surface area (Å²) in [4.78, 5) is 2.55. The predicted molar refractivity (Wildman–Crippen MR) is 117 cm³/mol. The number of para-hydroxylation sites is 1. The first-order chi connectivity index (χ1) is 14.0. The maximum Gasteiger partial charge on any atom is 0.182 e. The van der Waals surface area contributed by atoms with Crippen molar-refractivity contribution in [1.29, 1.82) is 0 Å². The minimum Gasteiger partial charge on any atom is -0.470 e. The van der Waals surface area contributed by atoms with Gasteiger partial charge in [0.15, 0.2) is 5.72 Å². The zero-order valence-electron chi connectivity index (χ0n) is 17.9. The highest BCUT2D eigenvalue weighted by atomic mass is 16.5. The lowest BCUT2D eigenvalue weighted by molar-refractivity contribution is -0.161. The molecule has 5 rings (SSSR count). The number of hydrogen-bond donors (Lipinski definition) is 1. The van der Waals surface area contributed by atoms with Gasteiger partial charge in [0, 0.05) is 43.1 Å². The van der Waals surface area contributed by atoms with Crippen molar-refractivity contribution in [2.45, 2.75) is 58.3 Å². The van der Waals surface area contributed by atoms with E-state index < -0.39 is 0 Å². The van der Waals surface area contributed by atoms with Gasteiger partial charge in [-0.25, -0.2) is 0 Å². The summed E-state index contributed by atoms with van der Waals surface area (Å²) in [6.07, 6.45) is 4.38. The molecule has 0 aliphatic carbocycles. The molecule has 0 bridgehead atoms. The van der Waals surface area contributed by atoms with Gasteiger partial charge in [-0.2, -0.15) is 5.01 Å². The van der Waals surface area contributed by atoms with Crippen molar-refractivity contribution in [2.24, 2.45) is 0 Å². The van der Waals surface area contributed by atoms with Crippen LogP contribution in [0.2, 0.25) is 0 Å². The number of aryl methyl sites for hydroxylation is 2. The summed E-state index contributed by atoms with van der Waals surface area (Å²) in [6.45, 7) is 11.0. The van der Waals surface area contributed by atoms with E-state index in [4.69, 9.17) is 4.74 Å². The van der Waals surface area contributed by atoms with E-state index in [1.165, 1.54) is 28.0 Å². The second-order valence-electron chi connectivity index (χ2n) is 9.04. The Labute approximate surface area is 174 Å². The van der Waals surface area contributed by atoms with Gasteiger partial charge in [0.05, 0.1) is 11.7 Å². The third-order valence-electron chi connectivity index (χ3n) is 6.81. The summed E-state index contributed by atoms with van der Waals surface area (Å²) < 4.78 is 6.74. The lowest BCUT2D eigenvalue weighted by Gasteiger charge is -2.52. The molecular weight excluding hydrogens is 358 g/mol. The Morgan fingerprint density at radius 3 is 2.59 bits per heavy atom. The number of ether oxygens (including phenoxy) is 1. The molecule has 2 aromatic rings. The Kier molecular flexibility index (Phi) is 4.45. The summed E-state index contributed by atoms with van der Waals surface area (Å²) in [6, 6.07) is 16.0. The summed E-state index contributed by atoms with van der Waals surface area (Å²) in [7, 11) is 0. The Morgan fingerprint density at radius 1 is 1.07 bits per heavy atom. The smallest absolute Gasteiger partial charge is 0.182 e. The summed E-state index contributed by atoms with van der Waals surface area (Å²) in [5, 5.41) is 2.39. The van der Waals surface area contributed by atoms with Gasteiger partial charge in [0.25, 0.3) is 0 Å². The second-order valence-corrected chi connectivity index (χ2v) is 9.04. The fourth-order valence-electron chi connectivity index (χ4n) is 5.03. The lowest BCUT2D eigenvalue weighted by Crippen LogP contribution is -2.64. The van der Waals surface area contributed by atoms with Gasteiger partial charge in [-0.3, -0.25) is 0 Å². The number of fused-ring (bicyclic) bond motifs is 4. The molecular formula is C25H31N3O. The van der Waals surface area contributed by atoms with Crippen LogP contribution in [0.5, 0.6) is 5.75 Å². The highest BCUT2D eigenvalue weighted by Crippen LogP contribution is 2.48. The molecule has 0 saturated carbocycles. The van der Waals surface area contributed by atoms with Crippen LogP contribution in [0.25, 0.3) is 5.70 Å². The van der Waals surface area contributed by atoms with Crippen molar-refractivity contribution >= 4 is 5.70 Å². The van der Waals surface area contributed by atoms with Crippen molar-refractivity contribution in [1.82, 2.24) is 15.3 Å². The van der Waals surface area contributed by atoms with Crippen LogP contribution in [0.3, 0.4) is 0 Å². The number of nitrogens with zero attached hydrogens (tertiary/aromatic N) is 2. The summed E-state index contributed by atoms with van der Waals surface area (Å²) in [5.74, 6) is 1.03. The number of likely N-dealkylation sites (tertiary alicyclic amines) is 1. The average Bonchev–Trinajstić information content (AvgIpc) is 3.17. The SMILES string of the molecule is Cc1ccc(C)c(C2=C[C@@H]3c4ccccc4OC4(CCN(C(C)C)CC4)N3N2)c1. The average molecular weight is 390 g/mol. The van der Waals surface area contributed by atoms with Gasteiger partial charge in [-0.05, 0) is 51.5 Å². The number of piperidine rings is 1. The van der Waals surface area contributed by atoms with E-state index >= 15 is 0 Å². The molecule has 3 aliphatic heterocycles. The molecule has 1 saturated heterocycles. The Balaban J connectivity index is 1.54. The van der Waals surface area contributed by atoms with Crippen molar-refractivity contribution in [3.8, 4) is 5.75 Å². The normalized spacial score (nSPS) is 23.3.